The largest absolute Gasteiger partial charge is 0.490 e. The molecular formula is C9H8F3N3O2S. The van der Waals surface area contributed by atoms with Crippen LogP contribution in [0.1, 0.15) is 5.56 Å². The van der Waals surface area contributed by atoms with Crippen molar-refractivity contribution in [3.05, 3.63) is 17.3 Å². The first-order valence-electron chi connectivity index (χ1n) is 4.48. The number of fused-ring (bicyclic) bond motifs is 1. The topological polar surface area (TPSA) is 89.1 Å². The van der Waals surface area contributed by atoms with Gasteiger partial charge in [0.15, 0.2) is 0 Å². The Hall–Kier alpha value is -1.90. The van der Waals surface area contributed by atoms with Crippen molar-refractivity contribution < 1.29 is 23.1 Å². The van der Waals surface area contributed by atoms with E-state index in [4.69, 9.17) is 15.6 Å². The van der Waals surface area contributed by atoms with Gasteiger partial charge in [0.1, 0.15) is 12.1 Å². The van der Waals surface area contributed by atoms with E-state index in [1.807, 2.05) is 12.3 Å². The molecule has 0 unspecified atom stereocenters. The number of rotatable bonds is 0. The summed E-state index contributed by atoms with van der Waals surface area (Å²) in [5.74, 6) is -2.18. The summed E-state index contributed by atoms with van der Waals surface area (Å²) in [5, 5.41) is 9.16. The third-order valence-corrected chi connectivity index (χ3v) is 2.91. The molecule has 0 bridgehead atoms. The fourth-order valence-corrected chi connectivity index (χ4v) is 1.89. The first-order chi connectivity index (χ1) is 8.23. The molecule has 2 rings (SSSR count). The lowest BCUT2D eigenvalue weighted by molar-refractivity contribution is -0.192. The average molecular weight is 279 g/mol. The van der Waals surface area contributed by atoms with Crippen molar-refractivity contribution in [2.24, 2.45) is 0 Å². The highest BCUT2D eigenvalue weighted by molar-refractivity contribution is 7.17. The number of carbonyl (C=O) groups is 1. The third kappa shape index (κ3) is 3.29. The Balaban J connectivity index is 0.000000203. The molecule has 0 radical (unpaired) electrons. The Labute approximate surface area is 103 Å². The molecule has 9 heteroatoms. The van der Waals surface area contributed by atoms with Gasteiger partial charge in [0.25, 0.3) is 0 Å². The molecule has 0 atom stereocenters. The molecule has 0 aromatic carbocycles. The number of nitrogens with two attached hydrogens (primary N) is 1. The van der Waals surface area contributed by atoms with Crippen LogP contribution in [0.2, 0.25) is 0 Å². The number of aryl methyl sites for hydroxylation is 1. The molecule has 0 saturated heterocycles. The van der Waals surface area contributed by atoms with Gasteiger partial charge in [0, 0.05) is 0 Å². The van der Waals surface area contributed by atoms with Gasteiger partial charge in [-0.3, -0.25) is 0 Å². The van der Waals surface area contributed by atoms with Gasteiger partial charge in [-0.05, 0) is 17.9 Å². The number of thiophene rings is 1. The summed E-state index contributed by atoms with van der Waals surface area (Å²) in [6.45, 7) is 2.02. The maximum Gasteiger partial charge on any atom is 0.490 e. The molecule has 18 heavy (non-hydrogen) atoms. The van der Waals surface area contributed by atoms with Crippen molar-refractivity contribution in [1.29, 1.82) is 0 Å². The van der Waals surface area contributed by atoms with Gasteiger partial charge < -0.3 is 10.8 Å². The van der Waals surface area contributed by atoms with Gasteiger partial charge in [-0.15, -0.1) is 11.3 Å². The molecule has 98 valence electrons. The van der Waals surface area contributed by atoms with E-state index in [1.165, 1.54) is 11.9 Å². The van der Waals surface area contributed by atoms with Crippen LogP contribution in [0.5, 0.6) is 0 Å². The van der Waals surface area contributed by atoms with Crippen LogP contribution >= 0.6 is 11.3 Å². The lowest BCUT2D eigenvalue weighted by atomic mass is 10.3. The molecule has 0 aliphatic carbocycles. The van der Waals surface area contributed by atoms with Crippen LogP contribution in [0.4, 0.5) is 19.0 Å². The molecule has 3 N–H and O–H groups in total. The first-order valence-corrected chi connectivity index (χ1v) is 5.36. The maximum atomic E-state index is 10.6. The lowest BCUT2D eigenvalue weighted by Gasteiger charge is -1.93. The number of aromatic nitrogens is 2. The van der Waals surface area contributed by atoms with E-state index < -0.39 is 12.1 Å². The Morgan fingerprint density at radius 1 is 1.44 bits per heavy atom. The minimum atomic E-state index is -5.08. The second-order valence-corrected chi connectivity index (χ2v) is 4.04. The normalized spacial score (nSPS) is 10.9. The van der Waals surface area contributed by atoms with Crippen molar-refractivity contribution in [1.82, 2.24) is 9.97 Å². The van der Waals surface area contributed by atoms with Gasteiger partial charge in [0.2, 0.25) is 0 Å². The summed E-state index contributed by atoms with van der Waals surface area (Å²) >= 11 is 1.59. The summed E-state index contributed by atoms with van der Waals surface area (Å²) in [6.07, 6.45) is -3.59. The fourth-order valence-electron chi connectivity index (χ4n) is 0.988. The average Bonchev–Trinajstić information content (AvgIpc) is 2.62. The highest BCUT2D eigenvalue weighted by atomic mass is 32.1. The Morgan fingerprint density at radius 3 is 2.44 bits per heavy atom. The van der Waals surface area contributed by atoms with E-state index in [1.54, 1.807) is 11.3 Å². The number of nitrogens with zero attached hydrogens (tertiary/aromatic N) is 2. The quantitative estimate of drug-likeness (QED) is 0.771. The summed E-state index contributed by atoms with van der Waals surface area (Å²) < 4.78 is 32.7. The highest BCUT2D eigenvalue weighted by Crippen LogP contribution is 2.26. The van der Waals surface area contributed by atoms with Crippen molar-refractivity contribution >= 4 is 33.3 Å². The number of aliphatic carboxylic acids is 1. The van der Waals surface area contributed by atoms with E-state index >= 15 is 0 Å². The van der Waals surface area contributed by atoms with Gasteiger partial charge in [0.05, 0.1) is 10.2 Å². The standard InChI is InChI=1S/C7H7N3S.C2HF3O2/c1-4-2-11-6-5(4)9-3-10-7(6)8;3-2(4,5)1(6)7/h2-3H,1H3,(H2,8,9,10);(H,6,7). The molecule has 0 amide bonds. The number of halogens is 3. The van der Waals surface area contributed by atoms with E-state index in [0.717, 1.165) is 10.2 Å². The van der Waals surface area contributed by atoms with Crippen molar-refractivity contribution in [2.45, 2.75) is 13.1 Å². The summed E-state index contributed by atoms with van der Waals surface area (Å²) in [6, 6.07) is 0. The van der Waals surface area contributed by atoms with Crippen LogP contribution in [-0.2, 0) is 4.79 Å². The SMILES string of the molecule is Cc1csc2c(N)ncnc12.O=C(O)C(F)(F)F. The minimum absolute atomic E-state index is 0.577. The van der Waals surface area contributed by atoms with E-state index in [9.17, 15) is 13.2 Å². The molecule has 2 heterocycles. The van der Waals surface area contributed by atoms with E-state index in [0.29, 0.717) is 5.82 Å². The number of nitrogen functional groups attached to an aromatic ring is 1. The molecule has 2 aromatic heterocycles. The van der Waals surface area contributed by atoms with Gasteiger partial charge in [-0.2, -0.15) is 13.2 Å². The minimum Gasteiger partial charge on any atom is -0.475 e. The zero-order chi connectivity index (χ0) is 13.9. The van der Waals surface area contributed by atoms with E-state index in [2.05, 4.69) is 9.97 Å². The fraction of sp³-hybridized carbons (Fsp3) is 0.222. The molecule has 0 aliphatic rings. The molecule has 0 fully saturated rings. The van der Waals surface area contributed by atoms with Crippen molar-refractivity contribution in [2.75, 3.05) is 5.73 Å². The summed E-state index contributed by atoms with van der Waals surface area (Å²) in [5.41, 5.74) is 7.77. The number of hydrogen-bond donors (Lipinski definition) is 2. The van der Waals surface area contributed by atoms with Gasteiger partial charge >= 0.3 is 12.1 Å². The van der Waals surface area contributed by atoms with Crippen LogP contribution in [0.15, 0.2) is 11.7 Å². The number of anilines is 1. The van der Waals surface area contributed by atoms with E-state index in [-0.39, 0.29) is 0 Å². The predicted molar refractivity (Wildman–Crippen MR) is 60.3 cm³/mol. The Bertz CT molecular complexity index is 568. The maximum absolute atomic E-state index is 10.6. The number of carboxylic acid groups (broad SMARTS) is 1. The van der Waals surface area contributed by atoms with Crippen LogP contribution in [0.25, 0.3) is 10.2 Å². The third-order valence-electron chi connectivity index (χ3n) is 1.80. The zero-order valence-electron chi connectivity index (χ0n) is 9.02. The van der Waals surface area contributed by atoms with Crippen molar-refractivity contribution in [3.8, 4) is 0 Å². The van der Waals surface area contributed by atoms with Crippen LogP contribution in [0, 0.1) is 6.92 Å². The second kappa shape index (κ2) is 5.17. The smallest absolute Gasteiger partial charge is 0.475 e. The molecule has 0 spiro atoms. The first kappa shape index (κ1) is 14.2. The molecule has 5 nitrogen and oxygen atoms in total. The monoisotopic (exact) mass is 279 g/mol. The Kier molecular flexibility index (Phi) is 4.07. The number of alkyl halides is 3. The van der Waals surface area contributed by atoms with Gasteiger partial charge in [-0.1, -0.05) is 0 Å². The lowest BCUT2D eigenvalue weighted by Crippen LogP contribution is -2.21. The molecule has 2 aromatic rings. The Morgan fingerprint density at radius 2 is 2.00 bits per heavy atom. The molecule has 0 saturated carbocycles. The second-order valence-electron chi connectivity index (χ2n) is 3.16. The zero-order valence-corrected chi connectivity index (χ0v) is 9.84. The predicted octanol–water partition coefficient (Wildman–Crippen LogP) is 2.22. The van der Waals surface area contributed by atoms with Gasteiger partial charge in [-0.25, -0.2) is 14.8 Å². The molecular weight excluding hydrogens is 271 g/mol. The van der Waals surface area contributed by atoms with Crippen LogP contribution < -0.4 is 5.73 Å². The van der Waals surface area contributed by atoms with Crippen LogP contribution in [-0.4, -0.2) is 27.2 Å². The number of hydrogen-bond acceptors (Lipinski definition) is 5. The molecule has 0 aliphatic heterocycles. The number of carboxylic acids is 1. The summed E-state index contributed by atoms with van der Waals surface area (Å²) in [7, 11) is 0. The van der Waals surface area contributed by atoms with Crippen LogP contribution in [0.3, 0.4) is 0 Å². The summed E-state index contributed by atoms with van der Waals surface area (Å²) in [4.78, 5) is 16.9. The van der Waals surface area contributed by atoms with Crippen molar-refractivity contribution in [3.63, 3.8) is 0 Å². The highest BCUT2D eigenvalue weighted by Gasteiger charge is 2.38.